The molecule has 2 amide bonds. The number of terminal acetylenes is 1. The normalized spacial score (nSPS) is 18.9. The first-order chi connectivity index (χ1) is 16.4. The van der Waals surface area contributed by atoms with E-state index in [0.717, 1.165) is 38.8 Å². The lowest BCUT2D eigenvalue weighted by atomic mass is 9.93. The summed E-state index contributed by atoms with van der Waals surface area (Å²) in [5.74, 6) is 1.66. The van der Waals surface area contributed by atoms with E-state index in [1.54, 1.807) is 10.6 Å². The standard InChI is InChI=1S/C26H32N4O3S/c1-3-15-27-24(31)18-28-25(32)19-30(34(2)33)21-11-16-29(17-12-21)26(13-14-26)23-10-6-8-20-7-4-5-9-22(20)23/h1,4-10,21H,11-19H2,2H3,(H,27,31)(H,28,32). The minimum absolute atomic E-state index is 0.00463. The molecule has 0 aromatic heterocycles. The van der Waals surface area contributed by atoms with Gasteiger partial charge in [0.25, 0.3) is 0 Å². The van der Waals surface area contributed by atoms with Crippen LogP contribution < -0.4 is 10.6 Å². The number of fused-ring (bicyclic) bond motifs is 1. The van der Waals surface area contributed by atoms with Crippen molar-refractivity contribution in [2.45, 2.75) is 37.3 Å². The smallest absolute Gasteiger partial charge is 0.240 e. The summed E-state index contributed by atoms with van der Waals surface area (Å²) in [6, 6.07) is 15.2. The quantitative estimate of drug-likeness (QED) is 0.536. The van der Waals surface area contributed by atoms with Gasteiger partial charge >= 0.3 is 0 Å². The SMILES string of the molecule is C#CCNC(=O)CNC(=O)CN(C1CCN(C2(c3cccc4ccccc34)CC2)CC1)S(C)=O. The first-order valence-corrected chi connectivity index (χ1v) is 13.3. The van der Waals surface area contributed by atoms with Crippen molar-refractivity contribution in [1.29, 1.82) is 0 Å². The molecule has 1 aliphatic carbocycles. The van der Waals surface area contributed by atoms with Crippen molar-refractivity contribution in [3.8, 4) is 12.3 Å². The summed E-state index contributed by atoms with van der Waals surface area (Å²) in [4.78, 5) is 26.6. The minimum atomic E-state index is -1.29. The molecule has 4 rings (SSSR count). The molecule has 1 aliphatic heterocycles. The van der Waals surface area contributed by atoms with Gasteiger partial charge in [-0.25, -0.2) is 8.51 Å². The summed E-state index contributed by atoms with van der Waals surface area (Å²) in [7, 11) is -1.29. The van der Waals surface area contributed by atoms with E-state index >= 15 is 0 Å². The first kappa shape index (κ1) is 24.4. The number of rotatable bonds is 9. The van der Waals surface area contributed by atoms with Gasteiger partial charge in [0.1, 0.15) is 0 Å². The molecule has 1 saturated heterocycles. The molecule has 2 aromatic carbocycles. The molecule has 0 radical (unpaired) electrons. The molecule has 1 heterocycles. The lowest BCUT2D eigenvalue weighted by Crippen LogP contribution is -2.51. The molecule has 2 aliphatic rings. The van der Waals surface area contributed by atoms with Gasteiger partial charge in [-0.3, -0.25) is 14.5 Å². The van der Waals surface area contributed by atoms with Crippen LogP contribution in [0.5, 0.6) is 0 Å². The van der Waals surface area contributed by atoms with Crippen molar-refractivity contribution < 1.29 is 13.8 Å². The van der Waals surface area contributed by atoms with Crippen LogP contribution in [0.15, 0.2) is 42.5 Å². The highest BCUT2D eigenvalue weighted by atomic mass is 32.2. The Morgan fingerprint density at radius 1 is 1.12 bits per heavy atom. The Morgan fingerprint density at radius 3 is 2.50 bits per heavy atom. The third-order valence-corrected chi connectivity index (χ3v) is 8.04. The average Bonchev–Trinajstić information content (AvgIpc) is 3.66. The van der Waals surface area contributed by atoms with Crippen molar-refractivity contribution in [1.82, 2.24) is 19.8 Å². The van der Waals surface area contributed by atoms with Crippen molar-refractivity contribution >= 4 is 33.6 Å². The van der Waals surface area contributed by atoms with Gasteiger partial charge < -0.3 is 10.6 Å². The molecule has 1 saturated carbocycles. The highest BCUT2D eigenvalue weighted by Crippen LogP contribution is 2.53. The van der Waals surface area contributed by atoms with Crippen LogP contribution in [0, 0.1) is 12.3 Å². The number of carbonyl (C=O) groups is 2. The van der Waals surface area contributed by atoms with Crippen LogP contribution in [0.1, 0.15) is 31.2 Å². The molecule has 0 spiro atoms. The Bertz CT molecular complexity index is 1110. The van der Waals surface area contributed by atoms with Crippen LogP contribution >= 0.6 is 0 Å². The van der Waals surface area contributed by atoms with Crippen LogP contribution in [0.2, 0.25) is 0 Å². The van der Waals surface area contributed by atoms with Crippen LogP contribution in [0.4, 0.5) is 0 Å². The molecular formula is C26H32N4O3S. The van der Waals surface area contributed by atoms with Crippen LogP contribution in [0.3, 0.4) is 0 Å². The Hall–Kier alpha value is -2.73. The Balaban J connectivity index is 1.36. The predicted octanol–water partition coefficient (Wildman–Crippen LogP) is 1.75. The molecule has 2 aromatic rings. The maximum atomic E-state index is 12.5. The third kappa shape index (κ3) is 5.33. The summed E-state index contributed by atoms with van der Waals surface area (Å²) in [5, 5.41) is 7.69. The lowest BCUT2D eigenvalue weighted by Gasteiger charge is -2.41. The van der Waals surface area contributed by atoms with Crippen LogP contribution in [-0.2, 0) is 26.1 Å². The Labute approximate surface area is 203 Å². The van der Waals surface area contributed by atoms with E-state index in [-0.39, 0.29) is 43.0 Å². The van der Waals surface area contributed by atoms with Gasteiger partial charge in [-0.1, -0.05) is 48.4 Å². The van der Waals surface area contributed by atoms with E-state index in [9.17, 15) is 13.8 Å². The topological polar surface area (TPSA) is 81.8 Å². The predicted molar refractivity (Wildman–Crippen MR) is 135 cm³/mol. The second-order valence-corrected chi connectivity index (χ2v) is 10.3. The number of benzene rings is 2. The fourth-order valence-electron chi connectivity index (χ4n) is 5.11. The molecule has 1 unspecified atom stereocenters. The van der Waals surface area contributed by atoms with E-state index in [1.165, 1.54) is 16.3 Å². The summed E-state index contributed by atoms with van der Waals surface area (Å²) in [5.41, 5.74) is 1.49. The molecule has 2 fully saturated rings. The fourth-order valence-corrected chi connectivity index (χ4v) is 6.04. The molecule has 2 N–H and O–H groups in total. The summed E-state index contributed by atoms with van der Waals surface area (Å²) in [6.45, 7) is 1.79. The largest absolute Gasteiger partial charge is 0.346 e. The van der Waals surface area contributed by atoms with E-state index < -0.39 is 11.0 Å². The number of likely N-dealkylation sites (tertiary alicyclic amines) is 1. The Morgan fingerprint density at radius 2 is 1.82 bits per heavy atom. The fraction of sp³-hybridized carbons (Fsp3) is 0.462. The second kappa shape index (κ2) is 10.7. The van der Waals surface area contributed by atoms with E-state index in [2.05, 4.69) is 63.9 Å². The van der Waals surface area contributed by atoms with E-state index in [4.69, 9.17) is 6.42 Å². The van der Waals surface area contributed by atoms with E-state index in [0.29, 0.717) is 0 Å². The summed E-state index contributed by atoms with van der Waals surface area (Å²) >= 11 is 0. The minimum Gasteiger partial charge on any atom is -0.346 e. The van der Waals surface area contributed by atoms with Crippen molar-refractivity contribution in [2.75, 3.05) is 39.0 Å². The van der Waals surface area contributed by atoms with Gasteiger partial charge in [0.2, 0.25) is 11.8 Å². The van der Waals surface area contributed by atoms with Crippen molar-refractivity contribution in [2.24, 2.45) is 0 Å². The van der Waals surface area contributed by atoms with Crippen LogP contribution in [0.25, 0.3) is 10.8 Å². The summed E-state index contributed by atoms with van der Waals surface area (Å²) < 4.78 is 14.2. The molecule has 7 nitrogen and oxygen atoms in total. The van der Waals surface area contributed by atoms with Crippen LogP contribution in [-0.4, -0.2) is 70.2 Å². The van der Waals surface area contributed by atoms with Crippen molar-refractivity contribution in [3.63, 3.8) is 0 Å². The third-order valence-electron chi connectivity index (χ3n) is 6.96. The highest BCUT2D eigenvalue weighted by molar-refractivity contribution is 7.81. The van der Waals surface area contributed by atoms with Gasteiger partial charge in [-0.15, -0.1) is 6.42 Å². The molecular weight excluding hydrogens is 448 g/mol. The second-order valence-electron chi connectivity index (χ2n) is 9.03. The highest BCUT2D eigenvalue weighted by Gasteiger charge is 2.51. The number of carbonyl (C=O) groups excluding carboxylic acids is 2. The van der Waals surface area contributed by atoms with Gasteiger partial charge in [0.15, 0.2) is 0 Å². The van der Waals surface area contributed by atoms with Crippen molar-refractivity contribution in [3.05, 3.63) is 48.0 Å². The molecule has 8 heteroatoms. The number of nitrogens with one attached hydrogen (secondary N) is 2. The Kier molecular flexibility index (Phi) is 7.67. The average molecular weight is 481 g/mol. The zero-order valence-corrected chi connectivity index (χ0v) is 20.4. The zero-order valence-electron chi connectivity index (χ0n) is 19.6. The molecule has 1 atom stereocenters. The van der Waals surface area contributed by atoms with Gasteiger partial charge in [-0.2, -0.15) is 0 Å². The zero-order chi connectivity index (χ0) is 24.1. The number of hydrogen-bond acceptors (Lipinski definition) is 4. The first-order valence-electron chi connectivity index (χ1n) is 11.7. The number of hydrogen-bond donors (Lipinski definition) is 2. The lowest BCUT2D eigenvalue weighted by molar-refractivity contribution is -0.126. The maximum absolute atomic E-state index is 12.5. The molecule has 34 heavy (non-hydrogen) atoms. The molecule has 180 valence electrons. The van der Waals surface area contributed by atoms with E-state index in [1.807, 2.05) is 0 Å². The monoisotopic (exact) mass is 480 g/mol. The number of nitrogens with zero attached hydrogens (tertiary/aromatic N) is 2. The molecule has 0 bridgehead atoms. The van der Waals surface area contributed by atoms with Gasteiger partial charge in [0, 0.05) is 30.9 Å². The summed E-state index contributed by atoms with van der Waals surface area (Å²) in [6.07, 6.45) is 10.7. The number of piperidine rings is 1. The van der Waals surface area contributed by atoms with Gasteiger partial charge in [0.05, 0.1) is 30.6 Å². The maximum Gasteiger partial charge on any atom is 0.240 e. The number of amides is 2. The van der Waals surface area contributed by atoms with Gasteiger partial charge in [-0.05, 0) is 42.0 Å².